The summed E-state index contributed by atoms with van der Waals surface area (Å²) < 4.78 is 10.6. The molecule has 0 saturated carbocycles. The second-order valence-corrected chi connectivity index (χ2v) is 4.85. The normalized spacial score (nSPS) is 15.6. The van der Waals surface area contributed by atoms with Gasteiger partial charge in [-0.05, 0) is 36.4 Å². The van der Waals surface area contributed by atoms with Crippen LogP contribution in [0.2, 0.25) is 0 Å². The van der Waals surface area contributed by atoms with Gasteiger partial charge in [0.2, 0.25) is 0 Å². The molecule has 0 fully saturated rings. The van der Waals surface area contributed by atoms with Gasteiger partial charge in [-0.25, -0.2) is 5.84 Å². The molecule has 23 heavy (non-hydrogen) atoms. The number of hydrazine groups is 1. The summed E-state index contributed by atoms with van der Waals surface area (Å²) in [6.07, 6.45) is -1.15. The van der Waals surface area contributed by atoms with Crippen LogP contribution in [0.5, 0.6) is 11.5 Å². The van der Waals surface area contributed by atoms with Crippen molar-refractivity contribution in [3.63, 3.8) is 0 Å². The van der Waals surface area contributed by atoms with Gasteiger partial charge in [-0.3, -0.25) is 19.9 Å². The summed E-state index contributed by atoms with van der Waals surface area (Å²) in [6, 6.07) is 13.5. The number of nitrogens with zero attached hydrogens (tertiary/aromatic N) is 1. The van der Waals surface area contributed by atoms with E-state index < -0.39 is 12.1 Å². The lowest BCUT2D eigenvalue weighted by atomic mass is 10.1. The minimum Gasteiger partial charge on any atom is -0.497 e. The number of methoxy groups -OCH3 is 1. The Labute approximate surface area is 132 Å². The smallest absolute Gasteiger partial charge is 0.297 e. The van der Waals surface area contributed by atoms with Crippen molar-refractivity contribution >= 4 is 17.5 Å². The highest BCUT2D eigenvalue weighted by atomic mass is 16.5. The predicted octanol–water partition coefficient (Wildman–Crippen LogP) is 1.05. The van der Waals surface area contributed by atoms with E-state index in [4.69, 9.17) is 15.3 Å². The van der Waals surface area contributed by atoms with Gasteiger partial charge in [0, 0.05) is 5.56 Å². The Morgan fingerprint density at radius 2 is 1.87 bits per heavy atom. The number of para-hydroxylation sites is 2. The van der Waals surface area contributed by atoms with Gasteiger partial charge in [0.15, 0.2) is 0 Å². The molecule has 0 radical (unpaired) electrons. The number of ether oxygens (including phenoxy) is 2. The van der Waals surface area contributed by atoms with Crippen LogP contribution in [0, 0.1) is 0 Å². The summed E-state index contributed by atoms with van der Waals surface area (Å²) >= 11 is 0. The topological polar surface area (TPSA) is 93.9 Å². The molecule has 118 valence electrons. The molecule has 3 rings (SSSR count). The maximum absolute atomic E-state index is 12.8. The second-order valence-electron chi connectivity index (χ2n) is 4.85. The van der Waals surface area contributed by atoms with E-state index in [1.165, 1.54) is 4.90 Å². The van der Waals surface area contributed by atoms with Crippen LogP contribution in [0.25, 0.3) is 0 Å². The van der Waals surface area contributed by atoms with Gasteiger partial charge >= 0.3 is 0 Å². The quantitative estimate of drug-likeness (QED) is 0.502. The first-order valence-corrected chi connectivity index (χ1v) is 6.89. The van der Waals surface area contributed by atoms with Crippen molar-refractivity contribution in [3.05, 3.63) is 54.1 Å². The number of amides is 2. The molecular formula is C16H15N3O4. The van der Waals surface area contributed by atoms with Crippen LogP contribution < -0.4 is 25.6 Å². The van der Waals surface area contributed by atoms with Crippen molar-refractivity contribution in [3.8, 4) is 11.5 Å². The third kappa shape index (κ3) is 2.58. The predicted molar refractivity (Wildman–Crippen MR) is 83.0 cm³/mol. The van der Waals surface area contributed by atoms with Gasteiger partial charge < -0.3 is 9.47 Å². The molecule has 2 aromatic rings. The van der Waals surface area contributed by atoms with Gasteiger partial charge in [0.1, 0.15) is 11.5 Å². The molecule has 2 amide bonds. The molecule has 1 atom stereocenters. The fraction of sp³-hybridized carbons (Fsp3) is 0.125. The van der Waals surface area contributed by atoms with Gasteiger partial charge in [-0.2, -0.15) is 0 Å². The van der Waals surface area contributed by atoms with Crippen LogP contribution in [0.15, 0.2) is 48.5 Å². The van der Waals surface area contributed by atoms with Gasteiger partial charge in [-0.15, -0.1) is 0 Å². The molecule has 2 aromatic carbocycles. The van der Waals surface area contributed by atoms with Crippen molar-refractivity contribution < 1.29 is 19.1 Å². The van der Waals surface area contributed by atoms with Crippen molar-refractivity contribution in [2.24, 2.45) is 5.84 Å². The number of carbonyl (C=O) groups excluding carboxylic acids is 2. The zero-order valence-electron chi connectivity index (χ0n) is 12.4. The minimum absolute atomic E-state index is 0.369. The van der Waals surface area contributed by atoms with Crippen molar-refractivity contribution in [2.75, 3.05) is 12.0 Å². The summed E-state index contributed by atoms with van der Waals surface area (Å²) in [5, 5.41) is 0. The van der Waals surface area contributed by atoms with E-state index >= 15 is 0 Å². The van der Waals surface area contributed by atoms with Gasteiger partial charge in [0.25, 0.3) is 18.0 Å². The standard InChI is InChI=1S/C16H15N3O4/c1-22-11-8-6-10(7-9-11)15(21)19-12-4-2-3-5-13(12)23-16(19)14(20)18-17/h2-9,16H,17H2,1H3,(H,18,20). The van der Waals surface area contributed by atoms with Crippen molar-refractivity contribution in [1.82, 2.24) is 5.43 Å². The number of hydrogen-bond donors (Lipinski definition) is 2. The Balaban J connectivity index is 1.99. The third-order valence-corrected chi connectivity index (χ3v) is 3.52. The van der Waals surface area contributed by atoms with Gasteiger partial charge in [0.05, 0.1) is 12.8 Å². The Bertz CT molecular complexity index is 745. The van der Waals surface area contributed by atoms with E-state index in [1.54, 1.807) is 55.6 Å². The van der Waals surface area contributed by atoms with Crippen LogP contribution in [0.4, 0.5) is 5.69 Å². The summed E-state index contributed by atoms with van der Waals surface area (Å²) in [6.45, 7) is 0. The number of nitrogens with two attached hydrogens (primary N) is 1. The fourth-order valence-corrected chi connectivity index (χ4v) is 2.39. The minimum atomic E-state index is -1.15. The van der Waals surface area contributed by atoms with E-state index in [0.29, 0.717) is 22.7 Å². The Hall–Kier alpha value is -3.06. The first kappa shape index (κ1) is 14.9. The molecule has 1 aliphatic rings. The average Bonchev–Trinajstić information content (AvgIpc) is 3.00. The number of anilines is 1. The van der Waals surface area contributed by atoms with Crippen molar-refractivity contribution in [2.45, 2.75) is 6.23 Å². The first-order chi connectivity index (χ1) is 11.2. The molecule has 0 saturated heterocycles. The summed E-state index contributed by atoms with van der Waals surface area (Å²) in [4.78, 5) is 26.1. The van der Waals surface area contributed by atoms with E-state index in [1.807, 2.05) is 5.43 Å². The lowest BCUT2D eigenvalue weighted by Gasteiger charge is -2.22. The molecule has 7 heteroatoms. The Morgan fingerprint density at radius 3 is 2.52 bits per heavy atom. The van der Waals surface area contributed by atoms with E-state index in [2.05, 4.69) is 0 Å². The lowest BCUT2D eigenvalue weighted by molar-refractivity contribution is -0.127. The number of fused-ring (bicyclic) bond motifs is 1. The lowest BCUT2D eigenvalue weighted by Crippen LogP contribution is -2.51. The number of nitrogens with one attached hydrogen (secondary N) is 1. The fourth-order valence-electron chi connectivity index (χ4n) is 2.39. The summed E-state index contributed by atoms with van der Waals surface area (Å²) in [7, 11) is 1.54. The van der Waals surface area contributed by atoms with Crippen LogP contribution >= 0.6 is 0 Å². The summed E-state index contributed by atoms with van der Waals surface area (Å²) in [5.41, 5.74) is 2.94. The van der Waals surface area contributed by atoms with Crippen LogP contribution in [0.1, 0.15) is 10.4 Å². The molecule has 0 aliphatic carbocycles. The van der Waals surface area contributed by atoms with Crippen LogP contribution in [-0.2, 0) is 4.79 Å². The molecule has 1 aliphatic heterocycles. The molecule has 0 aromatic heterocycles. The van der Waals surface area contributed by atoms with Gasteiger partial charge in [-0.1, -0.05) is 12.1 Å². The highest BCUT2D eigenvalue weighted by Crippen LogP contribution is 2.37. The number of hydrogen-bond acceptors (Lipinski definition) is 5. The highest BCUT2D eigenvalue weighted by molar-refractivity contribution is 6.11. The SMILES string of the molecule is COc1ccc(C(=O)N2c3ccccc3OC2C(=O)NN)cc1. The first-order valence-electron chi connectivity index (χ1n) is 6.89. The maximum Gasteiger partial charge on any atom is 0.297 e. The maximum atomic E-state index is 12.8. The number of carbonyl (C=O) groups is 2. The average molecular weight is 313 g/mol. The zero-order chi connectivity index (χ0) is 16.4. The van der Waals surface area contributed by atoms with Crippen LogP contribution in [-0.4, -0.2) is 25.2 Å². The largest absolute Gasteiger partial charge is 0.497 e. The van der Waals surface area contributed by atoms with E-state index in [9.17, 15) is 9.59 Å². The van der Waals surface area contributed by atoms with E-state index in [0.717, 1.165) is 0 Å². The number of benzene rings is 2. The summed E-state index contributed by atoms with van der Waals surface area (Å²) in [5.74, 6) is 5.30. The third-order valence-electron chi connectivity index (χ3n) is 3.52. The van der Waals surface area contributed by atoms with Crippen LogP contribution in [0.3, 0.4) is 0 Å². The number of rotatable bonds is 3. The Morgan fingerprint density at radius 1 is 1.17 bits per heavy atom. The molecular weight excluding hydrogens is 298 g/mol. The molecule has 1 unspecified atom stereocenters. The van der Waals surface area contributed by atoms with Crippen molar-refractivity contribution in [1.29, 1.82) is 0 Å². The monoisotopic (exact) mass is 313 g/mol. The molecule has 7 nitrogen and oxygen atoms in total. The molecule has 3 N–H and O–H groups in total. The highest BCUT2D eigenvalue weighted by Gasteiger charge is 2.40. The molecule has 0 bridgehead atoms. The second kappa shape index (κ2) is 5.98. The zero-order valence-corrected chi connectivity index (χ0v) is 12.4. The molecule has 1 heterocycles. The molecule has 0 spiro atoms. The van der Waals surface area contributed by atoms with E-state index in [-0.39, 0.29) is 5.91 Å². The Kier molecular flexibility index (Phi) is 3.86.